The standard InChI is InChI=1S/C22H32N6O/c1-17-6-5-13-27(14-17)15-18-9-11-19(12-10-18)22-24-26-28(25-22)16-21(29)23-20-7-3-2-4-8-20/h9-12,17,20H,2-8,13-16H2,1H3,(H,23,29)/p+1/t17-/m0/s1. The summed E-state index contributed by atoms with van der Waals surface area (Å²) >= 11 is 0. The minimum atomic E-state index is -0.0325. The van der Waals surface area contributed by atoms with Crippen LogP contribution in [0.4, 0.5) is 0 Å². The highest BCUT2D eigenvalue weighted by Gasteiger charge is 2.20. The van der Waals surface area contributed by atoms with Crippen LogP contribution in [-0.2, 0) is 17.9 Å². The van der Waals surface area contributed by atoms with E-state index in [9.17, 15) is 4.79 Å². The van der Waals surface area contributed by atoms with Gasteiger partial charge >= 0.3 is 0 Å². The Bertz CT molecular complexity index is 796. The number of nitrogens with zero attached hydrogens (tertiary/aromatic N) is 4. The Morgan fingerprint density at radius 3 is 2.69 bits per heavy atom. The SMILES string of the molecule is C[C@H]1CCC[NH+](Cc2ccc(-c3nnn(CC(=O)NC4CCCCC4)n3)cc2)C1. The Morgan fingerprint density at radius 1 is 1.14 bits per heavy atom. The van der Waals surface area contributed by atoms with Gasteiger partial charge in [0, 0.05) is 23.1 Å². The number of tetrazole rings is 1. The van der Waals surface area contributed by atoms with Crippen molar-refractivity contribution in [1.82, 2.24) is 25.5 Å². The Balaban J connectivity index is 1.31. The summed E-state index contributed by atoms with van der Waals surface area (Å²) in [4.78, 5) is 15.3. The number of amides is 1. The lowest BCUT2D eigenvalue weighted by Crippen LogP contribution is -3.12. The number of nitrogens with one attached hydrogen (secondary N) is 2. The number of rotatable bonds is 6. The van der Waals surface area contributed by atoms with E-state index in [1.54, 1.807) is 4.90 Å². The topological polar surface area (TPSA) is 77.1 Å². The van der Waals surface area contributed by atoms with Crippen molar-refractivity contribution in [2.45, 2.75) is 71.0 Å². The average Bonchev–Trinajstić information content (AvgIpc) is 3.17. The molecule has 2 N–H and O–H groups in total. The van der Waals surface area contributed by atoms with Crippen LogP contribution in [0.15, 0.2) is 24.3 Å². The minimum Gasteiger partial charge on any atom is -0.352 e. The number of likely N-dealkylation sites (tertiary alicyclic amines) is 1. The van der Waals surface area contributed by atoms with E-state index in [1.807, 2.05) is 0 Å². The minimum absolute atomic E-state index is 0.0325. The summed E-state index contributed by atoms with van der Waals surface area (Å²) in [6.07, 6.45) is 8.52. The molecule has 156 valence electrons. The molecule has 1 saturated carbocycles. The van der Waals surface area contributed by atoms with E-state index in [1.165, 1.54) is 55.6 Å². The number of carbonyl (C=O) groups excluding carboxylic acids is 1. The van der Waals surface area contributed by atoms with E-state index in [4.69, 9.17) is 0 Å². The quantitative estimate of drug-likeness (QED) is 0.776. The molecule has 1 amide bonds. The van der Waals surface area contributed by atoms with Gasteiger partial charge in [0.25, 0.3) is 0 Å². The number of quaternary nitrogens is 1. The molecule has 1 unspecified atom stereocenters. The molecule has 1 aromatic carbocycles. The van der Waals surface area contributed by atoms with Gasteiger partial charge in [-0.3, -0.25) is 4.79 Å². The molecule has 1 saturated heterocycles. The maximum absolute atomic E-state index is 12.2. The van der Waals surface area contributed by atoms with Crippen molar-refractivity contribution in [3.63, 3.8) is 0 Å². The van der Waals surface area contributed by atoms with Crippen molar-refractivity contribution in [2.75, 3.05) is 13.1 Å². The van der Waals surface area contributed by atoms with E-state index >= 15 is 0 Å². The summed E-state index contributed by atoms with van der Waals surface area (Å²) in [6.45, 7) is 6.09. The van der Waals surface area contributed by atoms with Crippen molar-refractivity contribution < 1.29 is 9.69 Å². The van der Waals surface area contributed by atoms with Crippen molar-refractivity contribution in [3.05, 3.63) is 29.8 Å². The molecule has 7 heteroatoms. The molecule has 2 aliphatic rings. The van der Waals surface area contributed by atoms with Gasteiger partial charge in [0.15, 0.2) is 0 Å². The van der Waals surface area contributed by atoms with Gasteiger partial charge in [-0.2, -0.15) is 4.80 Å². The summed E-state index contributed by atoms with van der Waals surface area (Å²) in [6, 6.07) is 8.75. The van der Waals surface area contributed by atoms with Gasteiger partial charge in [-0.05, 0) is 30.9 Å². The molecule has 2 fully saturated rings. The molecule has 29 heavy (non-hydrogen) atoms. The number of piperidine rings is 1. The first-order chi connectivity index (χ1) is 14.2. The molecule has 2 atom stereocenters. The molecule has 7 nitrogen and oxygen atoms in total. The van der Waals surface area contributed by atoms with Crippen LogP contribution in [-0.4, -0.2) is 45.2 Å². The molecule has 1 aliphatic heterocycles. The lowest BCUT2D eigenvalue weighted by molar-refractivity contribution is -0.922. The van der Waals surface area contributed by atoms with E-state index in [-0.39, 0.29) is 12.5 Å². The number of hydrogen-bond donors (Lipinski definition) is 2. The van der Waals surface area contributed by atoms with E-state index in [2.05, 4.69) is 51.9 Å². The normalized spacial score (nSPS) is 23.1. The Morgan fingerprint density at radius 2 is 1.93 bits per heavy atom. The zero-order valence-electron chi connectivity index (χ0n) is 17.4. The molecule has 4 rings (SSSR count). The van der Waals surface area contributed by atoms with Gasteiger partial charge in [-0.15, -0.1) is 10.2 Å². The molecule has 0 radical (unpaired) electrons. The summed E-state index contributed by atoms with van der Waals surface area (Å²) in [5.41, 5.74) is 2.28. The smallest absolute Gasteiger partial charge is 0.243 e. The van der Waals surface area contributed by atoms with Crippen LogP contribution in [0.3, 0.4) is 0 Å². The maximum atomic E-state index is 12.2. The molecule has 2 aromatic rings. The average molecular weight is 398 g/mol. The van der Waals surface area contributed by atoms with Crippen molar-refractivity contribution in [2.24, 2.45) is 5.92 Å². The lowest BCUT2D eigenvalue weighted by Gasteiger charge is -2.27. The summed E-state index contributed by atoms with van der Waals surface area (Å²) in [5, 5.41) is 15.7. The van der Waals surface area contributed by atoms with Gasteiger partial charge < -0.3 is 10.2 Å². The number of benzene rings is 1. The van der Waals surface area contributed by atoms with Crippen LogP contribution in [0.5, 0.6) is 0 Å². The van der Waals surface area contributed by atoms with Crippen molar-refractivity contribution in [3.8, 4) is 11.4 Å². The molecular weight excluding hydrogens is 364 g/mol. The maximum Gasteiger partial charge on any atom is 0.243 e. The summed E-state index contributed by atoms with van der Waals surface area (Å²) in [5.74, 6) is 1.36. The first-order valence-corrected chi connectivity index (χ1v) is 11.2. The van der Waals surface area contributed by atoms with Crippen LogP contribution in [0.2, 0.25) is 0 Å². The van der Waals surface area contributed by atoms with Crippen LogP contribution in [0, 0.1) is 5.92 Å². The lowest BCUT2D eigenvalue weighted by atomic mass is 9.95. The second-order valence-electron chi connectivity index (χ2n) is 8.87. The second-order valence-corrected chi connectivity index (χ2v) is 8.87. The second kappa shape index (κ2) is 9.48. The summed E-state index contributed by atoms with van der Waals surface area (Å²) in [7, 11) is 0. The van der Waals surface area contributed by atoms with E-state index in [0.29, 0.717) is 11.9 Å². The Hall–Kier alpha value is -2.28. The van der Waals surface area contributed by atoms with Crippen LogP contribution in [0.25, 0.3) is 11.4 Å². The van der Waals surface area contributed by atoms with Crippen molar-refractivity contribution in [1.29, 1.82) is 0 Å². The zero-order valence-corrected chi connectivity index (χ0v) is 17.4. The first kappa shape index (κ1) is 20.0. The fourth-order valence-corrected chi connectivity index (χ4v) is 4.69. The van der Waals surface area contributed by atoms with Crippen LogP contribution >= 0.6 is 0 Å². The molecule has 0 spiro atoms. The highest BCUT2D eigenvalue weighted by atomic mass is 16.2. The van der Waals surface area contributed by atoms with Crippen LogP contribution < -0.4 is 10.2 Å². The molecular formula is C22H33N6O+. The molecule has 1 aromatic heterocycles. The van der Waals surface area contributed by atoms with E-state index < -0.39 is 0 Å². The number of carbonyl (C=O) groups is 1. The fourth-order valence-electron chi connectivity index (χ4n) is 4.69. The number of aromatic nitrogens is 4. The predicted octanol–water partition coefficient (Wildman–Crippen LogP) is 1.60. The van der Waals surface area contributed by atoms with Gasteiger partial charge in [-0.1, -0.05) is 50.5 Å². The molecule has 2 heterocycles. The monoisotopic (exact) mass is 397 g/mol. The third-order valence-corrected chi connectivity index (χ3v) is 6.24. The third kappa shape index (κ3) is 5.63. The summed E-state index contributed by atoms with van der Waals surface area (Å²) < 4.78 is 0. The predicted molar refractivity (Wildman–Crippen MR) is 111 cm³/mol. The molecule has 1 aliphatic carbocycles. The van der Waals surface area contributed by atoms with Crippen LogP contribution in [0.1, 0.15) is 57.4 Å². The highest BCUT2D eigenvalue weighted by molar-refractivity contribution is 5.75. The van der Waals surface area contributed by atoms with E-state index in [0.717, 1.165) is 30.9 Å². The highest BCUT2D eigenvalue weighted by Crippen LogP contribution is 2.17. The van der Waals surface area contributed by atoms with Gasteiger partial charge in [0.1, 0.15) is 13.1 Å². The Labute approximate surface area is 172 Å². The van der Waals surface area contributed by atoms with Gasteiger partial charge in [0.2, 0.25) is 11.7 Å². The third-order valence-electron chi connectivity index (χ3n) is 6.24. The largest absolute Gasteiger partial charge is 0.352 e. The number of hydrogen-bond acceptors (Lipinski definition) is 4. The van der Waals surface area contributed by atoms with Crippen molar-refractivity contribution >= 4 is 5.91 Å². The Kier molecular flexibility index (Phi) is 6.54. The van der Waals surface area contributed by atoms with Gasteiger partial charge in [0.05, 0.1) is 13.1 Å². The molecule has 0 bridgehead atoms. The zero-order chi connectivity index (χ0) is 20.1. The van der Waals surface area contributed by atoms with Gasteiger partial charge in [-0.25, -0.2) is 0 Å². The first-order valence-electron chi connectivity index (χ1n) is 11.2. The fraction of sp³-hybridized carbons (Fsp3) is 0.636.